The van der Waals surface area contributed by atoms with E-state index < -0.39 is 17.6 Å². The molecule has 1 N–H and O–H groups in total. The van der Waals surface area contributed by atoms with Gasteiger partial charge in [-0.3, -0.25) is 0 Å². The standard InChI is InChI=1S/C10H11BrF2O2/c1-5(4-14)8-6(12)3-7(15-2)9(11)10(8)13/h3,5,14H,4H2,1-2H3. The molecule has 5 heteroatoms. The average Bonchev–Trinajstić information content (AvgIpc) is 2.23. The molecule has 1 rings (SSSR count). The average molecular weight is 281 g/mol. The van der Waals surface area contributed by atoms with Crippen molar-refractivity contribution >= 4 is 15.9 Å². The Morgan fingerprint density at radius 3 is 2.60 bits per heavy atom. The highest BCUT2D eigenvalue weighted by Gasteiger charge is 2.21. The smallest absolute Gasteiger partial charge is 0.147 e. The van der Waals surface area contributed by atoms with E-state index >= 15 is 0 Å². The molecule has 0 amide bonds. The number of halogens is 3. The highest BCUT2D eigenvalue weighted by Crippen LogP contribution is 2.34. The van der Waals surface area contributed by atoms with Crippen LogP contribution in [0.15, 0.2) is 10.5 Å². The number of benzene rings is 1. The molecular formula is C10H11BrF2O2. The van der Waals surface area contributed by atoms with Crippen molar-refractivity contribution in [1.82, 2.24) is 0 Å². The molecule has 0 bridgehead atoms. The normalized spacial score (nSPS) is 12.7. The van der Waals surface area contributed by atoms with Crippen LogP contribution in [0.4, 0.5) is 8.78 Å². The first kappa shape index (κ1) is 12.4. The first-order valence-electron chi connectivity index (χ1n) is 4.35. The predicted molar refractivity (Wildman–Crippen MR) is 56.1 cm³/mol. The van der Waals surface area contributed by atoms with Gasteiger partial charge in [-0.15, -0.1) is 0 Å². The maximum Gasteiger partial charge on any atom is 0.147 e. The van der Waals surface area contributed by atoms with Crippen LogP contribution in [0.25, 0.3) is 0 Å². The zero-order chi connectivity index (χ0) is 11.6. The molecule has 0 aliphatic carbocycles. The molecule has 15 heavy (non-hydrogen) atoms. The molecule has 1 aromatic carbocycles. The Balaban J connectivity index is 3.35. The Labute approximate surface area is 95.0 Å². The van der Waals surface area contributed by atoms with Crippen molar-refractivity contribution in [2.75, 3.05) is 13.7 Å². The molecule has 0 aliphatic rings. The van der Waals surface area contributed by atoms with Crippen LogP contribution < -0.4 is 4.74 Å². The van der Waals surface area contributed by atoms with Gasteiger partial charge in [-0.25, -0.2) is 8.78 Å². The first-order valence-corrected chi connectivity index (χ1v) is 5.14. The maximum absolute atomic E-state index is 13.7. The molecule has 2 nitrogen and oxygen atoms in total. The molecule has 0 saturated heterocycles. The molecule has 0 fully saturated rings. The van der Waals surface area contributed by atoms with E-state index in [1.165, 1.54) is 7.11 Å². The summed E-state index contributed by atoms with van der Waals surface area (Å²) in [4.78, 5) is 0. The fourth-order valence-corrected chi connectivity index (χ4v) is 1.77. The summed E-state index contributed by atoms with van der Waals surface area (Å²) in [6, 6.07) is 1.09. The highest BCUT2D eigenvalue weighted by molar-refractivity contribution is 9.10. The summed E-state index contributed by atoms with van der Waals surface area (Å²) in [6.45, 7) is 1.23. The topological polar surface area (TPSA) is 29.5 Å². The predicted octanol–water partition coefficient (Wildman–Crippen LogP) is 2.83. The van der Waals surface area contributed by atoms with Crippen molar-refractivity contribution in [1.29, 1.82) is 0 Å². The van der Waals surface area contributed by atoms with Gasteiger partial charge in [0.1, 0.15) is 17.4 Å². The zero-order valence-electron chi connectivity index (χ0n) is 8.35. The van der Waals surface area contributed by atoms with Crippen molar-refractivity contribution in [3.8, 4) is 5.75 Å². The van der Waals surface area contributed by atoms with Gasteiger partial charge >= 0.3 is 0 Å². The lowest BCUT2D eigenvalue weighted by molar-refractivity contribution is 0.267. The molecular weight excluding hydrogens is 270 g/mol. The minimum atomic E-state index is -0.728. The molecule has 0 aliphatic heterocycles. The lowest BCUT2D eigenvalue weighted by atomic mass is 10.0. The second-order valence-electron chi connectivity index (χ2n) is 3.19. The summed E-state index contributed by atoms with van der Waals surface area (Å²) in [5, 5.41) is 8.87. The van der Waals surface area contributed by atoms with E-state index in [2.05, 4.69) is 15.9 Å². The van der Waals surface area contributed by atoms with Gasteiger partial charge in [0.05, 0.1) is 11.6 Å². The second-order valence-corrected chi connectivity index (χ2v) is 3.98. The van der Waals surface area contributed by atoms with E-state index in [4.69, 9.17) is 9.84 Å². The minimum absolute atomic E-state index is 0.0710. The lowest BCUT2D eigenvalue weighted by Gasteiger charge is -2.14. The van der Waals surface area contributed by atoms with Gasteiger partial charge in [-0.05, 0) is 15.9 Å². The van der Waals surface area contributed by atoms with Crippen molar-refractivity contribution in [3.05, 3.63) is 27.7 Å². The monoisotopic (exact) mass is 280 g/mol. The molecule has 0 spiro atoms. The van der Waals surface area contributed by atoms with Gasteiger partial charge in [0.2, 0.25) is 0 Å². The number of ether oxygens (including phenoxy) is 1. The van der Waals surface area contributed by atoms with Crippen LogP contribution in [0, 0.1) is 11.6 Å². The van der Waals surface area contributed by atoms with Gasteiger partial charge in [0, 0.05) is 24.2 Å². The third-order valence-corrected chi connectivity index (χ3v) is 2.89. The van der Waals surface area contributed by atoms with Crippen molar-refractivity contribution in [2.24, 2.45) is 0 Å². The zero-order valence-corrected chi connectivity index (χ0v) is 9.94. The summed E-state index contributed by atoms with van der Waals surface area (Å²) >= 11 is 2.97. The molecule has 0 aromatic heterocycles. The molecule has 0 saturated carbocycles. The SMILES string of the molecule is COc1cc(F)c(C(C)CO)c(F)c1Br. The summed E-state index contributed by atoms with van der Waals surface area (Å²) < 4.78 is 32.0. The Morgan fingerprint density at radius 1 is 1.53 bits per heavy atom. The third kappa shape index (κ3) is 2.29. The van der Waals surface area contributed by atoms with Gasteiger partial charge in [0.25, 0.3) is 0 Å². The maximum atomic E-state index is 13.7. The van der Waals surface area contributed by atoms with Crippen LogP contribution in [-0.2, 0) is 0 Å². The summed E-state index contributed by atoms with van der Waals surface area (Å²) in [5.41, 5.74) is -0.134. The molecule has 1 unspecified atom stereocenters. The number of methoxy groups -OCH3 is 1. The van der Waals surface area contributed by atoms with Gasteiger partial charge < -0.3 is 9.84 Å². The van der Waals surface area contributed by atoms with Crippen LogP contribution >= 0.6 is 15.9 Å². The summed E-state index contributed by atoms with van der Waals surface area (Å²) in [6.07, 6.45) is 0. The number of rotatable bonds is 3. The van der Waals surface area contributed by atoms with E-state index in [1.807, 2.05) is 0 Å². The van der Waals surface area contributed by atoms with Crippen LogP contribution in [0.3, 0.4) is 0 Å². The van der Waals surface area contributed by atoms with E-state index in [9.17, 15) is 8.78 Å². The van der Waals surface area contributed by atoms with Gasteiger partial charge in [0.15, 0.2) is 0 Å². The molecule has 1 atom stereocenters. The first-order chi connectivity index (χ1) is 7.02. The Hall–Kier alpha value is -0.680. The van der Waals surface area contributed by atoms with Crippen LogP contribution in [0.5, 0.6) is 5.75 Å². The Morgan fingerprint density at radius 2 is 2.13 bits per heavy atom. The van der Waals surface area contributed by atoms with Crippen molar-refractivity contribution in [2.45, 2.75) is 12.8 Å². The van der Waals surface area contributed by atoms with Gasteiger partial charge in [-0.2, -0.15) is 0 Å². The van der Waals surface area contributed by atoms with Crippen LogP contribution in [-0.4, -0.2) is 18.8 Å². The van der Waals surface area contributed by atoms with E-state index in [-0.39, 0.29) is 22.4 Å². The lowest BCUT2D eigenvalue weighted by Crippen LogP contribution is -2.07. The van der Waals surface area contributed by atoms with E-state index in [1.54, 1.807) is 6.92 Å². The highest BCUT2D eigenvalue weighted by atomic mass is 79.9. The fraction of sp³-hybridized carbons (Fsp3) is 0.400. The van der Waals surface area contributed by atoms with Crippen molar-refractivity contribution in [3.63, 3.8) is 0 Å². The summed E-state index contributed by atoms with van der Waals surface area (Å²) in [7, 11) is 1.33. The summed E-state index contributed by atoms with van der Waals surface area (Å²) in [5.74, 6) is -1.94. The molecule has 1 aromatic rings. The molecule has 0 heterocycles. The minimum Gasteiger partial charge on any atom is -0.495 e. The quantitative estimate of drug-likeness (QED) is 0.863. The molecule has 0 radical (unpaired) electrons. The Kier molecular flexibility index (Phi) is 4.04. The number of hydrogen-bond donors (Lipinski definition) is 1. The third-order valence-electron chi connectivity index (χ3n) is 2.15. The largest absolute Gasteiger partial charge is 0.495 e. The van der Waals surface area contributed by atoms with Crippen LogP contribution in [0.2, 0.25) is 0 Å². The number of hydrogen-bond acceptors (Lipinski definition) is 2. The van der Waals surface area contributed by atoms with E-state index in [0.29, 0.717) is 0 Å². The van der Waals surface area contributed by atoms with E-state index in [0.717, 1.165) is 6.07 Å². The number of aliphatic hydroxyl groups is 1. The fourth-order valence-electron chi connectivity index (χ4n) is 1.28. The molecule has 84 valence electrons. The number of aliphatic hydroxyl groups excluding tert-OH is 1. The van der Waals surface area contributed by atoms with Crippen molar-refractivity contribution < 1.29 is 18.6 Å². The second kappa shape index (κ2) is 4.90. The van der Waals surface area contributed by atoms with Gasteiger partial charge in [-0.1, -0.05) is 6.92 Å². The Bertz CT molecular complexity index is 369. The van der Waals surface area contributed by atoms with Crippen LogP contribution in [0.1, 0.15) is 18.4 Å².